The molecule has 2 saturated heterocycles. The van der Waals surface area contributed by atoms with E-state index in [4.69, 9.17) is 4.74 Å². The molecule has 0 bridgehead atoms. The Bertz CT molecular complexity index is 829. The summed E-state index contributed by atoms with van der Waals surface area (Å²) in [5.74, 6) is -4.87. The van der Waals surface area contributed by atoms with Crippen LogP contribution in [0.2, 0.25) is 0 Å². The molecule has 1 aromatic rings. The van der Waals surface area contributed by atoms with Crippen molar-refractivity contribution in [1.29, 1.82) is 0 Å². The van der Waals surface area contributed by atoms with Crippen molar-refractivity contribution in [1.82, 2.24) is 4.90 Å². The summed E-state index contributed by atoms with van der Waals surface area (Å²) in [5.41, 5.74) is 0.511. The Labute approximate surface area is 169 Å². The van der Waals surface area contributed by atoms with Crippen molar-refractivity contribution in [3.63, 3.8) is 0 Å². The average Bonchev–Trinajstić information content (AvgIpc) is 3.15. The van der Waals surface area contributed by atoms with Crippen LogP contribution in [0.4, 0.5) is 4.39 Å². The molecule has 29 heavy (non-hydrogen) atoms. The summed E-state index contributed by atoms with van der Waals surface area (Å²) in [6, 6.07) is 4.04. The molecule has 0 unspecified atom stereocenters. The summed E-state index contributed by atoms with van der Waals surface area (Å²) in [5, 5.41) is 21.0. The van der Waals surface area contributed by atoms with Crippen molar-refractivity contribution < 1.29 is 28.9 Å². The fourth-order valence-corrected chi connectivity index (χ4v) is 5.60. The van der Waals surface area contributed by atoms with Gasteiger partial charge in [0.15, 0.2) is 17.4 Å². The molecule has 0 radical (unpaired) electrons. The lowest BCUT2D eigenvalue weighted by atomic mass is 9.63. The van der Waals surface area contributed by atoms with Crippen LogP contribution in [0.3, 0.4) is 0 Å². The van der Waals surface area contributed by atoms with Crippen LogP contribution < -0.4 is 0 Å². The lowest BCUT2D eigenvalue weighted by molar-refractivity contribution is -0.270. The molecular weight excluding hydrogens is 377 g/mol. The number of fused-ring (bicyclic) bond motifs is 3. The Morgan fingerprint density at radius 1 is 1.21 bits per heavy atom. The van der Waals surface area contributed by atoms with Gasteiger partial charge in [-0.2, -0.15) is 0 Å². The highest BCUT2D eigenvalue weighted by Gasteiger charge is 2.66. The van der Waals surface area contributed by atoms with E-state index in [2.05, 4.69) is 0 Å². The van der Waals surface area contributed by atoms with Crippen LogP contribution in [-0.4, -0.2) is 39.3 Å². The first kappa shape index (κ1) is 20.3. The second kappa shape index (κ2) is 7.36. The predicted octanol–water partition coefficient (Wildman–Crippen LogP) is 3.13. The van der Waals surface area contributed by atoms with Crippen molar-refractivity contribution in [2.45, 2.75) is 57.8 Å². The zero-order chi connectivity index (χ0) is 20.9. The van der Waals surface area contributed by atoms with E-state index < -0.39 is 41.2 Å². The van der Waals surface area contributed by atoms with E-state index in [0.717, 1.165) is 6.42 Å². The van der Waals surface area contributed by atoms with Gasteiger partial charge in [0.05, 0.1) is 17.9 Å². The number of carbonyl (C=O) groups is 2. The van der Waals surface area contributed by atoms with E-state index in [-0.39, 0.29) is 17.7 Å². The molecule has 158 valence electrons. The second-order valence-electron chi connectivity index (χ2n) is 8.59. The molecule has 2 heterocycles. The van der Waals surface area contributed by atoms with Gasteiger partial charge < -0.3 is 14.9 Å². The number of hydrogen-bond donors (Lipinski definition) is 2. The summed E-state index contributed by atoms with van der Waals surface area (Å²) >= 11 is 0. The van der Waals surface area contributed by atoms with Crippen LogP contribution >= 0.6 is 0 Å². The van der Waals surface area contributed by atoms with Gasteiger partial charge in [-0.1, -0.05) is 26.3 Å². The summed E-state index contributed by atoms with van der Waals surface area (Å²) in [7, 11) is 0. The normalized spacial score (nSPS) is 36.4. The Hall–Kier alpha value is -1.99. The average molecular weight is 405 g/mol. The number of hydrogen-bond acceptors (Lipinski definition) is 5. The number of nitrogens with zero attached hydrogens (tertiary/aromatic N) is 1. The lowest BCUT2D eigenvalue weighted by Gasteiger charge is -2.44. The van der Waals surface area contributed by atoms with Crippen LogP contribution in [0, 0.1) is 29.5 Å². The quantitative estimate of drug-likeness (QED) is 0.735. The molecule has 3 aliphatic rings. The largest absolute Gasteiger partial charge is 0.505 e. The number of amides is 2. The number of aliphatic hydroxyl groups is 1. The first-order valence-corrected chi connectivity index (χ1v) is 10.6. The fourth-order valence-electron chi connectivity index (χ4n) is 5.60. The Morgan fingerprint density at radius 2 is 1.97 bits per heavy atom. The molecule has 3 fully saturated rings. The summed E-state index contributed by atoms with van der Waals surface area (Å²) in [6.45, 7) is 4.33. The third kappa shape index (κ3) is 3.06. The number of phenolic OH excluding ortho intramolecular Hbond substituents is 1. The number of halogens is 1. The zero-order valence-corrected chi connectivity index (χ0v) is 16.8. The summed E-state index contributed by atoms with van der Waals surface area (Å²) < 4.78 is 20.0. The number of phenols is 1. The SMILES string of the molecule is CCC[C@H]1C[C@@H]2C(=O)N(CCC)C(=O)[C@@H]2[C@@H]2C[C@@H](c3ccc(O)c(F)c3)O[C@]12O. The minimum atomic E-state index is -1.52. The van der Waals surface area contributed by atoms with Crippen molar-refractivity contribution in [3.05, 3.63) is 29.6 Å². The minimum absolute atomic E-state index is 0.135. The second-order valence-corrected chi connectivity index (χ2v) is 8.59. The van der Waals surface area contributed by atoms with E-state index in [1.165, 1.54) is 17.0 Å². The maximum atomic E-state index is 13.9. The molecule has 2 amide bonds. The summed E-state index contributed by atoms with van der Waals surface area (Å²) in [4.78, 5) is 27.3. The number of benzene rings is 1. The third-order valence-electron chi connectivity index (χ3n) is 6.88. The molecule has 0 aromatic heterocycles. The van der Waals surface area contributed by atoms with Crippen molar-refractivity contribution >= 4 is 11.8 Å². The fraction of sp³-hybridized carbons (Fsp3) is 0.636. The lowest BCUT2D eigenvalue weighted by Crippen LogP contribution is -2.53. The van der Waals surface area contributed by atoms with Crippen LogP contribution in [0.15, 0.2) is 18.2 Å². The maximum absolute atomic E-state index is 13.9. The molecular formula is C22H28FNO5. The Morgan fingerprint density at radius 3 is 2.62 bits per heavy atom. The molecule has 0 spiro atoms. The van der Waals surface area contributed by atoms with Gasteiger partial charge in [0.2, 0.25) is 11.8 Å². The van der Waals surface area contributed by atoms with Gasteiger partial charge >= 0.3 is 0 Å². The highest BCUT2D eigenvalue weighted by Crippen LogP contribution is 2.59. The number of likely N-dealkylation sites (tertiary alicyclic amines) is 1. The van der Waals surface area contributed by atoms with Crippen LogP contribution in [0.5, 0.6) is 5.75 Å². The molecule has 2 aliphatic heterocycles. The van der Waals surface area contributed by atoms with Gasteiger partial charge in [0, 0.05) is 18.4 Å². The number of rotatable bonds is 5. The number of ether oxygens (including phenoxy) is 1. The van der Waals surface area contributed by atoms with Crippen molar-refractivity contribution in [2.24, 2.45) is 23.7 Å². The van der Waals surface area contributed by atoms with Crippen LogP contribution in [0.1, 0.15) is 57.6 Å². The molecule has 1 aromatic carbocycles. The van der Waals surface area contributed by atoms with E-state index in [1.54, 1.807) is 6.07 Å². The first-order valence-electron chi connectivity index (χ1n) is 10.6. The molecule has 6 atom stereocenters. The number of carbonyl (C=O) groups excluding carboxylic acids is 2. The molecule has 1 saturated carbocycles. The Balaban J connectivity index is 1.70. The zero-order valence-electron chi connectivity index (χ0n) is 16.8. The standard InChI is InChI=1S/C22H28FNO5/c1-3-5-13-10-14-19(21(27)24(8-4-2)20(14)26)15-11-18(29-22(13,15)28)12-6-7-17(25)16(23)9-12/h6-7,9,13-15,18-19,25,28H,3-5,8,10-11H2,1-2H3/t13-,14-,15-,18-,19-,22+/m0/s1. The molecule has 6 nitrogen and oxygen atoms in total. The topological polar surface area (TPSA) is 87.1 Å². The molecule has 4 rings (SSSR count). The maximum Gasteiger partial charge on any atom is 0.233 e. The van der Waals surface area contributed by atoms with Crippen LogP contribution in [0.25, 0.3) is 0 Å². The summed E-state index contributed by atoms with van der Waals surface area (Å²) in [6.07, 6.45) is 2.35. The monoisotopic (exact) mass is 405 g/mol. The smallest absolute Gasteiger partial charge is 0.233 e. The van der Waals surface area contributed by atoms with Gasteiger partial charge in [0.1, 0.15) is 0 Å². The molecule has 1 aliphatic carbocycles. The third-order valence-corrected chi connectivity index (χ3v) is 6.88. The first-order chi connectivity index (χ1) is 13.8. The molecule has 2 N–H and O–H groups in total. The van der Waals surface area contributed by atoms with Gasteiger partial charge in [-0.3, -0.25) is 14.5 Å². The van der Waals surface area contributed by atoms with Gasteiger partial charge in [-0.05, 0) is 43.4 Å². The number of imide groups is 1. The number of aromatic hydroxyl groups is 1. The Kier molecular flexibility index (Phi) is 5.15. The van der Waals surface area contributed by atoms with Crippen LogP contribution in [-0.2, 0) is 14.3 Å². The van der Waals surface area contributed by atoms with Crippen molar-refractivity contribution in [3.8, 4) is 5.75 Å². The van der Waals surface area contributed by atoms with Gasteiger partial charge in [-0.15, -0.1) is 0 Å². The molecule has 7 heteroatoms. The predicted molar refractivity (Wildman–Crippen MR) is 102 cm³/mol. The van der Waals surface area contributed by atoms with E-state index in [0.29, 0.717) is 37.8 Å². The van der Waals surface area contributed by atoms with E-state index >= 15 is 0 Å². The van der Waals surface area contributed by atoms with E-state index in [9.17, 15) is 24.2 Å². The highest BCUT2D eigenvalue weighted by molar-refractivity contribution is 6.05. The van der Waals surface area contributed by atoms with E-state index in [1.807, 2.05) is 13.8 Å². The highest BCUT2D eigenvalue weighted by atomic mass is 19.1. The van der Waals surface area contributed by atoms with Gasteiger partial charge in [-0.25, -0.2) is 4.39 Å². The van der Waals surface area contributed by atoms with Crippen molar-refractivity contribution in [2.75, 3.05) is 6.54 Å². The van der Waals surface area contributed by atoms with Gasteiger partial charge in [0.25, 0.3) is 0 Å². The minimum Gasteiger partial charge on any atom is -0.505 e.